The van der Waals surface area contributed by atoms with Crippen LogP contribution in [0.25, 0.3) is 0 Å². The van der Waals surface area contributed by atoms with Crippen LogP contribution in [0.3, 0.4) is 0 Å². The Balaban J connectivity index is 1.45. The third kappa shape index (κ3) is 4.88. The van der Waals surface area contributed by atoms with Gasteiger partial charge in [0.1, 0.15) is 5.76 Å². The highest BCUT2D eigenvalue weighted by Crippen LogP contribution is 2.30. The van der Waals surface area contributed by atoms with E-state index in [4.69, 9.17) is 9.15 Å². The molecule has 2 heterocycles. The zero-order chi connectivity index (χ0) is 15.2. The topological polar surface area (TPSA) is 25.6 Å². The van der Waals surface area contributed by atoms with E-state index in [1.54, 1.807) is 11.8 Å². The lowest BCUT2D eigenvalue weighted by atomic mass is 10.2. The summed E-state index contributed by atoms with van der Waals surface area (Å²) in [6, 6.07) is 12.4. The number of halogens is 1. The first-order chi connectivity index (χ1) is 10.8. The number of hydrogen-bond acceptors (Lipinski definition) is 4. The summed E-state index contributed by atoms with van der Waals surface area (Å²) in [4.78, 5) is 3.65. The van der Waals surface area contributed by atoms with Crippen LogP contribution in [-0.4, -0.2) is 37.7 Å². The van der Waals surface area contributed by atoms with E-state index in [0.717, 1.165) is 61.0 Å². The van der Waals surface area contributed by atoms with Crippen LogP contribution < -0.4 is 0 Å². The molecule has 0 amide bonds. The van der Waals surface area contributed by atoms with E-state index in [0.29, 0.717) is 0 Å². The predicted octanol–water partition coefficient (Wildman–Crippen LogP) is 4.46. The molecular weight excluding hydrogens is 362 g/mol. The van der Waals surface area contributed by atoms with Crippen molar-refractivity contribution in [2.24, 2.45) is 0 Å². The van der Waals surface area contributed by atoms with E-state index < -0.39 is 0 Å². The summed E-state index contributed by atoms with van der Waals surface area (Å²) in [5.41, 5.74) is 0. The fourth-order valence-corrected chi connectivity index (χ4v) is 3.52. The number of nitrogens with zero attached hydrogens (tertiary/aromatic N) is 1. The van der Waals surface area contributed by atoms with E-state index in [9.17, 15) is 0 Å². The second-order valence-electron chi connectivity index (χ2n) is 5.33. The lowest BCUT2D eigenvalue weighted by Gasteiger charge is -2.26. The molecule has 0 radical (unpaired) electrons. The molecule has 3 nitrogen and oxygen atoms in total. The van der Waals surface area contributed by atoms with Crippen molar-refractivity contribution in [3.8, 4) is 0 Å². The van der Waals surface area contributed by atoms with Gasteiger partial charge in [-0.1, -0.05) is 27.7 Å². The second-order valence-corrected chi connectivity index (χ2v) is 7.33. The molecule has 0 saturated carbocycles. The van der Waals surface area contributed by atoms with Crippen LogP contribution in [0, 0.1) is 0 Å². The molecule has 1 aromatic heterocycles. The summed E-state index contributed by atoms with van der Waals surface area (Å²) in [6.07, 6.45) is 2.13. The van der Waals surface area contributed by atoms with Gasteiger partial charge in [-0.3, -0.25) is 4.90 Å². The van der Waals surface area contributed by atoms with Crippen LogP contribution in [0.1, 0.15) is 12.2 Å². The molecule has 0 aliphatic carbocycles. The Morgan fingerprint density at radius 1 is 1.05 bits per heavy atom. The molecule has 0 atom stereocenters. The summed E-state index contributed by atoms with van der Waals surface area (Å²) in [5.74, 6) is 1.08. The van der Waals surface area contributed by atoms with Crippen molar-refractivity contribution in [2.75, 3.05) is 32.8 Å². The molecule has 5 heteroatoms. The van der Waals surface area contributed by atoms with Gasteiger partial charge in [0.25, 0.3) is 0 Å². The number of furan rings is 1. The van der Waals surface area contributed by atoms with Crippen LogP contribution in [0.2, 0.25) is 0 Å². The fourth-order valence-electron chi connectivity index (χ4n) is 2.47. The highest BCUT2D eigenvalue weighted by Gasteiger charge is 2.10. The van der Waals surface area contributed by atoms with Crippen molar-refractivity contribution in [1.29, 1.82) is 0 Å². The molecule has 3 rings (SSSR count). The van der Waals surface area contributed by atoms with Crippen LogP contribution in [0.4, 0.5) is 0 Å². The van der Waals surface area contributed by atoms with Crippen molar-refractivity contribution in [3.63, 3.8) is 0 Å². The van der Waals surface area contributed by atoms with E-state index in [-0.39, 0.29) is 0 Å². The first kappa shape index (κ1) is 16.1. The number of benzene rings is 1. The molecule has 118 valence electrons. The zero-order valence-electron chi connectivity index (χ0n) is 12.5. The molecule has 1 aliphatic heterocycles. The van der Waals surface area contributed by atoms with Gasteiger partial charge in [-0.25, -0.2) is 0 Å². The standard InChI is InChI=1S/C17H20BrNO2S/c18-14-3-6-16(7-4-14)22-17-8-5-15(21-17)2-1-9-19-10-12-20-13-11-19/h3-8H,1-2,9-13H2. The molecule has 0 bridgehead atoms. The number of rotatable bonds is 6. The molecule has 0 unspecified atom stereocenters. The normalized spacial score (nSPS) is 16.0. The molecule has 2 aromatic rings. The van der Waals surface area contributed by atoms with E-state index >= 15 is 0 Å². The van der Waals surface area contributed by atoms with Gasteiger partial charge in [0.2, 0.25) is 0 Å². The minimum absolute atomic E-state index is 0.870. The molecule has 1 saturated heterocycles. The maximum Gasteiger partial charge on any atom is 0.165 e. The zero-order valence-corrected chi connectivity index (χ0v) is 14.9. The summed E-state index contributed by atoms with van der Waals surface area (Å²) in [5, 5.41) is 0.962. The lowest BCUT2D eigenvalue weighted by molar-refractivity contribution is 0.0373. The van der Waals surface area contributed by atoms with Crippen molar-refractivity contribution in [2.45, 2.75) is 22.8 Å². The Bertz CT molecular complexity index is 579. The minimum atomic E-state index is 0.870. The Kier molecular flexibility index (Phi) is 6.01. The quantitative estimate of drug-likeness (QED) is 0.737. The summed E-state index contributed by atoms with van der Waals surface area (Å²) in [6.45, 7) is 4.98. The van der Waals surface area contributed by atoms with Crippen molar-refractivity contribution < 1.29 is 9.15 Å². The van der Waals surface area contributed by atoms with Gasteiger partial charge in [0.15, 0.2) is 5.09 Å². The predicted molar refractivity (Wildman–Crippen MR) is 92.6 cm³/mol. The van der Waals surface area contributed by atoms with Gasteiger partial charge in [-0.05, 0) is 49.4 Å². The summed E-state index contributed by atoms with van der Waals surface area (Å²) >= 11 is 5.12. The first-order valence-corrected chi connectivity index (χ1v) is 9.23. The van der Waals surface area contributed by atoms with Crippen LogP contribution in [0.15, 0.2) is 55.3 Å². The summed E-state index contributed by atoms with van der Waals surface area (Å²) in [7, 11) is 0. The minimum Gasteiger partial charge on any atom is -0.455 e. The molecular formula is C17H20BrNO2S. The third-order valence-electron chi connectivity index (χ3n) is 3.67. The van der Waals surface area contributed by atoms with Crippen LogP contribution in [0.5, 0.6) is 0 Å². The van der Waals surface area contributed by atoms with Gasteiger partial charge in [-0.15, -0.1) is 0 Å². The van der Waals surface area contributed by atoms with Crippen molar-refractivity contribution in [3.05, 3.63) is 46.6 Å². The molecule has 1 aliphatic rings. The van der Waals surface area contributed by atoms with Gasteiger partial charge < -0.3 is 9.15 Å². The molecule has 1 aromatic carbocycles. The van der Waals surface area contributed by atoms with Gasteiger partial charge in [0, 0.05) is 28.9 Å². The Hall–Kier alpha value is -0.750. The highest BCUT2D eigenvalue weighted by atomic mass is 79.9. The Labute approximate surface area is 144 Å². The largest absolute Gasteiger partial charge is 0.455 e. The lowest BCUT2D eigenvalue weighted by Crippen LogP contribution is -2.36. The van der Waals surface area contributed by atoms with Crippen molar-refractivity contribution in [1.82, 2.24) is 4.90 Å². The average molecular weight is 382 g/mol. The number of aryl methyl sites for hydroxylation is 1. The third-order valence-corrected chi connectivity index (χ3v) is 5.13. The summed E-state index contributed by atoms with van der Waals surface area (Å²) < 4.78 is 12.4. The SMILES string of the molecule is Brc1ccc(Sc2ccc(CCCN3CCOCC3)o2)cc1. The molecule has 1 fully saturated rings. The van der Waals surface area contributed by atoms with Crippen LogP contribution in [-0.2, 0) is 11.2 Å². The number of morpholine rings is 1. The number of hydrogen-bond donors (Lipinski definition) is 0. The number of ether oxygens (including phenoxy) is 1. The van der Waals surface area contributed by atoms with E-state index in [2.05, 4.69) is 57.2 Å². The van der Waals surface area contributed by atoms with Crippen molar-refractivity contribution >= 4 is 27.7 Å². The van der Waals surface area contributed by atoms with Crippen LogP contribution >= 0.6 is 27.7 Å². The fraction of sp³-hybridized carbons (Fsp3) is 0.412. The van der Waals surface area contributed by atoms with E-state index in [1.807, 2.05) is 0 Å². The van der Waals surface area contributed by atoms with E-state index in [1.165, 1.54) is 4.90 Å². The molecule has 0 N–H and O–H groups in total. The Morgan fingerprint density at radius 2 is 1.82 bits per heavy atom. The van der Waals surface area contributed by atoms with Gasteiger partial charge >= 0.3 is 0 Å². The second kappa shape index (κ2) is 8.20. The Morgan fingerprint density at radius 3 is 2.59 bits per heavy atom. The maximum atomic E-state index is 5.92. The maximum absolute atomic E-state index is 5.92. The monoisotopic (exact) mass is 381 g/mol. The average Bonchev–Trinajstić information content (AvgIpc) is 2.98. The first-order valence-electron chi connectivity index (χ1n) is 7.62. The molecule has 0 spiro atoms. The highest BCUT2D eigenvalue weighted by molar-refractivity contribution is 9.10. The smallest absolute Gasteiger partial charge is 0.165 e. The van der Waals surface area contributed by atoms with Gasteiger partial charge in [0.05, 0.1) is 13.2 Å². The molecule has 22 heavy (non-hydrogen) atoms. The van der Waals surface area contributed by atoms with Gasteiger partial charge in [-0.2, -0.15) is 0 Å².